The number of nitrogens with zero attached hydrogens (tertiary/aromatic N) is 1. The third kappa shape index (κ3) is 13.0. The number of benzene rings is 2. The molecule has 2 amide bonds. The highest BCUT2D eigenvalue weighted by molar-refractivity contribution is 6.42. The zero-order valence-corrected chi connectivity index (χ0v) is 26.9. The zero-order valence-electron chi connectivity index (χ0n) is 25.4. The molecule has 1 N–H and O–H groups in total. The summed E-state index contributed by atoms with van der Waals surface area (Å²) < 4.78 is 91.9. The number of hydrogen-bond donors (Lipinski definition) is 1. The van der Waals surface area contributed by atoms with Crippen LogP contribution >= 0.6 is 23.2 Å². The maximum Gasteiger partial charge on any atom is 0.416 e. The first-order chi connectivity index (χ1) is 20.3. The third-order valence-corrected chi connectivity index (χ3v) is 6.49. The molecule has 15 heteroatoms. The van der Waals surface area contributed by atoms with Crippen molar-refractivity contribution >= 4 is 41.2 Å². The minimum atomic E-state index is -5.13. The Kier molecular flexibility index (Phi) is 12.2. The highest BCUT2D eigenvalue weighted by Gasteiger charge is 2.37. The number of alkyl halides is 6. The molecule has 0 radical (unpaired) electrons. The van der Waals surface area contributed by atoms with E-state index in [0.717, 1.165) is 4.90 Å². The Hall–Kier alpha value is -3.19. The van der Waals surface area contributed by atoms with E-state index in [1.165, 1.54) is 18.2 Å². The normalized spacial score (nSPS) is 13.2. The summed E-state index contributed by atoms with van der Waals surface area (Å²) >= 11 is 12.1. The summed E-state index contributed by atoms with van der Waals surface area (Å²) in [5.74, 6) is -1.71. The molecule has 1 atom stereocenters. The predicted octanol–water partition coefficient (Wildman–Crippen LogP) is 8.23. The van der Waals surface area contributed by atoms with Gasteiger partial charge in [-0.1, -0.05) is 29.3 Å². The third-order valence-electron chi connectivity index (χ3n) is 5.75. The zero-order chi connectivity index (χ0) is 34.5. The van der Waals surface area contributed by atoms with E-state index in [4.69, 9.17) is 32.7 Å². The summed E-state index contributed by atoms with van der Waals surface area (Å²) in [4.78, 5) is 40.1. The number of esters is 1. The smallest absolute Gasteiger partial charge is 0.416 e. The molecule has 0 saturated heterocycles. The number of alkyl carbamates (subject to hydrolysis) is 1. The van der Waals surface area contributed by atoms with Gasteiger partial charge in [-0.3, -0.25) is 9.59 Å². The standard InChI is InChI=1S/C30H34Cl2F6N2O5/c1-27(2,3)44-24(41)9-10-40(16-18-11-19(29(33,34)35)15-20(12-18)30(36,37)38)25(42)23(39-26(43)45-28(4,5)6)14-17-7-8-21(31)22(32)13-17/h7-8,11-13,15,23H,9-10,14,16H2,1-6H3,(H,39,43)/t23-/m0/s1. The average Bonchev–Trinajstić information content (AvgIpc) is 2.84. The maximum atomic E-state index is 14.0. The van der Waals surface area contributed by atoms with Gasteiger partial charge in [0, 0.05) is 19.5 Å². The largest absolute Gasteiger partial charge is 0.460 e. The van der Waals surface area contributed by atoms with Gasteiger partial charge in [-0.2, -0.15) is 26.3 Å². The lowest BCUT2D eigenvalue weighted by molar-refractivity contribution is -0.155. The maximum absolute atomic E-state index is 14.0. The molecule has 250 valence electrons. The Bertz CT molecular complexity index is 1350. The fourth-order valence-electron chi connectivity index (χ4n) is 3.99. The molecule has 2 aromatic carbocycles. The summed E-state index contributed by atoms with van der Waals surface area (Å²) in [6, 6.07) is 3.86. The lowest BCUT2D eigenvalue weighted by Gasteiger charge is -2.30. The van der Waals surface area contributed by atoms with Crippen molar-refractivity contribution in [3.8, 4) is 0 Å². The second-order valence-electron chi connectivity index (χ2n) is 12.2. The summed E-state index contributed by atoms with van der Waals surface area (Å²) in [7, 11) is 0. The van der Waals surface area contributed by atoms with Crippen LogP contribution in [0.4, 0.5) is 31.1 Å². The highest BCUT2D eigenvalue weighted by atomic mass is 35.5. The first kappa shape index (κ1) is 38.0. The molecule has 45 heavy (non-hydrogen) atoms. The number of rotatable bonds is 9. The molecule has 0 spiro atoms. The van der Waals surface area contributed by atoms with E-state index in [1.54, 1.807) is 41.5 Å². The highest BCUT2D eigenvalue weighted by Crippen LogP contribution is 2.36. The minimum absolute atomic E-state index is 0.0342. The topological polar surface area (TPSA) is 84.9 Å². The van der Waals surface area contributed by atoms with E-state index >= 15 is 0 Å². The molecule has 0 bridgehead atoms. The van der Waals surface area contributed by atoms with Crippen LogP contribution < -0.4 is 5.32 Å². The average molecular weight is 688 g/mol. The molecule has 0 aliphatic carbocycles. The van der Waals surface area contributed by atoms with Crippen LogP contribution in [-0.4, -0.2) is 46.7 Å². The molecule has 0 unspecified atom stereocenters. The molecule has 2 aromatic rings. The molecule has 0 fully saturated rings. The van der Waals surface area contributed by atoms with Gasteiger partial charge in [0.1, 0.15) is 17.2 Å². The Labute approximate surface area is 267 Å². The number of amides is 2. The Balaban J connectivity index is 2.58. The van der Waals surface area contributed by atoms with Crippen LogP contribution in [0.1, 0.15) is 70.2 Å². The predicted molar refractivity (Wildman–Crippen MR) is 156 cm³/mol. The Morgan fingerprint density at radius 1 is 0.778 bits per heavy atom. The number of hydrogen-bond acceptors (Lipinski definition) is 5. The van der Waals surface area contributed by atoms with E-state index in [2.05, 4.69) is 5.32 Å². The number of halogens is 8. The van der Waals surface area contributed by atoms with Gasteiger partial charge in [-0.05, 0) is 83.0 Å². The van der Waals surface area contributed by atoms with E-state index < -0.39 is 83.8 Å². The molecule has 0 heterocycles. The second kappa shape index (κ2) is 14.5. The van der Waals surface area contributed by atoms with Gasteiger partial charge in [0.05, 0.1) is 27.6 Å². The molecule has 2 rings (SSSR count). The van der Waals surface area contributed by atoms with Crippen molar-refractivity contribution in [2.75, 3.05) is 6.54 Å². The molecular weight excluding hydrogens is 653 g/mol. The fourth-order valence-corrected chi connectivity index (χ4v) is 4.31. The van der Waals surface area contributed by atoms with Crippen molar-refractivity contribution < 1.29 is 50.2 Å². The summed E-state index contributed by atoms with van der Waals surface area (Å²) in [5.41, 5.74) is -5.16. The Morgan fingerprint density at radius 2 is 1.31 bits per heavy atom. The lowest BCUT2D eigenvalue weighted by Crippen LogP contribution is -2.51. The van der Waals surface area contributed by atoms with Crippen LogP contribution in [0.3, 0.4) is 0 Å². The van der Waals surface area contributed by atoms with Crippen LogP contribution in [-0.2, 0) is 44.4 Å². The summed E-state index contributed by atoms with van der Waals surface area (Å²) in [6.07, 6.45) is -12.0. The molecule has 0 aromatic heterocycles. The molecule has 7 nitrogen and oxygen atoms in total. The molecule has 0 aliphatic rings. The number of carbonyl (C=O) groups is 3. The van der Waals surface area contributed by atoms with Crippen molar-refractivity contribution in [1.82, 2.24) is 10.2 Å². The van der Waals surface area contributed by atoms with Crippen LogP contribution in [0.5, 0.6) is 0 Å². The molecule has 0 saturated carbocycles. The molecule has 0 aliphatic heterocycles. The van der Waals surface area contributed by atoms with Crippen LogP contribution in [0.2, 0.25) is 10.0 Å². The van der Waals surface area contributed by atoms with Crippen LogP contribution in [0, 0.1) is 0 Å². The Morgan fingerprint density at radius 3 is 1.78 bits per heavy atom. The van der Waals surface area contributed by atoms with Gasteiger partial charge >= 0.3 is 24.4 Å². The fraction of sp³-hybridized carbons (Fsp3) is 0.500. The molecular formula is C30H34Cl2F6N2O5. The lowest BCUT2D eigenvalue weighted by atomic mass is 10.0. The van der Waals surface area contributed by atoms with Gasteiger partial charge in [0.25, 0.3) is 0 Å². The van der Waals surface area contributed by atoms with E-state index in [-0.39, 0.29) is 22.5 Å². The van der Waals surface area contributed by atoms with Gasteiger partial charge in [-0.25, -0.2) is 4.79 Å². The van der Waals surface area contributed by atoms with Gasteiger partial charge in [-0.15, -0.1) is 0 Å². The number of nitrogens with one attached hydrogen (secondary N) is 1. The minimum Gasteiger partial charge on any atom is -0.460 e. The van der Waals surface area contributed by atoms with Crippen molar-refractivity contribution in [3.63, 3.8) is 0 Å². The summed E-state index contributed by atoms with van der Waals surface area (Å²) in [5, 5.41) is 2.74. The SMILES string of the molecule is CC(C)(C)OC(=O)CCN(Cc1cc(C(F)(F)F)cc(C(F)(F)F)c1)C(=O)[C@H](Cc1ccc(Cl)c(Cl)c1)NC(=O)OC(C)(C)C. The number of carbonyl (C=O) groups excluding carboxylic acids is 3. The van der Waals surface area contributed by atoms with Crippen molar-refractivity contribution in [2.45, 2.75) is 90.5 Å². The van der Waals surface area contributed by atoms with E-state index in [1.807, 2.05) is 0 Å². The first-order valence-electron chi connectivity index (χ1n) is 13.6. The van der Waals surface area contributed by atoms with Crippen molar-refractivity contribution in [1.29, 1.82) is 0 Å². The van der Waals surface area contributed by atoms with E-state index in [9.17, 15) is 40.7 Å². The monoisotopic (exact) mass is 686 g/mol. The quantitative estimate of drug-likeness (QED) is 0.212. The van der Waals surface area contributed by atoms with E-state index in [0.29, 0.717) is 17.7 Å². The van der Waals surface area contributed by atoms with Crippen molar-refractivity contribution in [2.24, 2.45) is 0 Å². The van der Waals surface area contributed by atoms with Gasteiger partial charge in [0.15, 0.2) is 0 Å². The van der Waals surface area contributed by atoms with Crippen LogP contribution in [0.25, 0.3) is 0 Å². The van der Waals surface area contributed by atoms with Crippen molar-refractivity contribution in [3.05, 3.63) is 68.7 Å². The van der Waals surface area contributed by atoms with Gasteiger partial charge in [0.2, 0.25) is 5.91 Å². The first-order valence-corrected chi connectivity index (χ1v) is 14.3. The number of ether oxygens (including phenoxy) is 2. The van der Waals surface area contributed by atoms with Crippen LogP contribution in [0.15, 0.2) is 36.4 Å². The summed E-state index contributed by atoms with van der Waals surface area (Å²) in [6.45, 7) is 8.24. The van der Waals surface area contributed by atoms with Gasteiger partial charge < -0.3 is 19.7 Å². The second-order valence-corrected chi connectivity index (χ2v) is 13.0.